The molecule has 0 spiro atoms. The Morgan fingerprint density at radius 1 is 1.10 bits per heavy atom. The number of nitrogens with one attached hydrogen (secondary N) is 2. The Morgan fingerprint density at radius 2 is 1.84 bits per heavy atom. The standard InChI is InChI=1S/C23H32N4O4/c1-26-13-5-8-19(22(26)30)23(31)27-14-10-18(11-15-27)16-25-21(29)20(28)24-12-9-17-6-3-2-4-7-17/h5-6,8,13,18H,2-4,7,9-12,14-16H2,1H3,(H,24,28)(H,25,29). The van der Waals surface area contributed by atoms with Crippen LogP contribution in [-0.4, -0.2) is 53.4 Å². The number of nitrogens with zero attached hydrogens (tertiary/aromatic N) is 2. The van der Waals surface area contributed by atoms with Gasteiger partial charge < -0.3 is 20.1 Å². The molecule has 0 aromatic carbocycles. The van der Waals surface area contributed by atoms with Crippen LogP contribution in [0.2, 0.25) is 0 Å². The minimum absolute atomic E-state index is 0.178. The Morgan fingerprint density at radius 3 is 2.55 bits per heavy atom. The van der Waals surface area contributed by atoms with Gasteiger partial charge in [-0.3, -0.25) is 19.2 Å². The zero-order valence-electron chi connectivity index (χ0n) is 18.2. The summed E-state index contributed by atoms with van der Waals surface area (Å²) in [6.07, 6.45) is 10.7. The molecule has 2 aliphatic rings. The van der Waals surface area contributed by atoms with Gasteiger partial charge in [0.15, 0.2) is 0 Å². The van der Waals surface area contributed by atoms with E-state index in [4.69, 9.17) is 0 Å². The minimum Gasteiger partial charge on any atom is -0.348 e. The number of amides is 3. The van der Waals surface area contributed by atoms with E-state index in [9.17, 15) is 19.2 Å². The third-order valence-corrected chi connectivity index (χ3v) is 6.13. The van der Waals surface area contributed by atoms with E-state index in [1.165, 1.54) is 23.0 Å². The Balaban J connectivity index is 1.36. The number of rotatable bonds is 6. The summed E-state index contributed by atoms with van der Waals surface area (Å²) in [5.74, 6) is -1.25. The van der Waals surface area contributed by atoms with Crippen molar-refractivity contribution in [2.45, 2.75) is 44.9 Å². The summed E-state index contributed by atoms with van der Waals surface area (Å²) in [7, 11) is 1.62. The fraction of sp³-hybridized carbons (Fsp3) is 0.565. The van der Waals surface area contributed by atoms with Crippen LogP contribution in [0.3, 0.4) is 0 Å². The second-order valence-electron chi connectivity index (χ2n) is 8.40. The fourth-order valence-electron chi connectivity index (χ4n) is 4.14. The maximum absolute atomic E-state index is 12.6. The van der Waals surface area contributed by atoms with Crippen LogP contribution >= 0.6 is 0 Å². The van der Waals surface area contributed by atoms with Crippen LogP contribution in [0.4, 0.5) is 0 Å². The average Bonchev–Trinajstić information content (AvgIpc) is 2.80. The molecule has 0 bridgehead atoms. The van der Waals surface area contributed by atoms with Crippen LogP contribution in [0.25, 0.3) is 0 Å². The van der Waals surface area contributed by atoms with E-state index < -0.39 is 11.8 Å². The SMILES string of the molecule is Cn1cccc(C(=O)N2CCC(CNC(=O)C(=O)NCCC3=CCCCC3)CC2)c1=O. The Bertz CT molecular complexity index is 897. The highest BCUT2D eigenvalue weighted by Crippen LogP contribution is 2.19. The predicted octanol–water partition coefficient (Wildman–Crippen LogP) is 1.36. The van der Waals surface area contributed by atoms with Crippen LogP contribution in [0.1, 0.15) is 55.3 Å². The molecule has 3 amide bonds. The number of carbonyl (C=O) groups excluding carboxylic acids is 3. The number of likely N-dealkylation sites (tertiary alicyclic amines) is 1. The molecule has 8 nitrogen and oxygen atoms in total. The summed E-state index contributed by atoms with van der Waals surface area (Å²) in [5.41, 5.74) is 1.24. The van der Waals surface area contributed by atoms with Crippen LogP contribution in [0.15, 0.2) is 34.8 Å². The van der Waals surface area contributed by atoms with Crippen molar-refractivity contribution < 1.29 is 14.4 Å². The molecule has 8 heteroatoms. The first-order valence-electron chi connectivity index (χ1n) is 11.1. The van der Waals surface area contributed by atoms with Crippen molar-refractivity contribution in [2.24, 2.45) is 13.0 Å². The smallest absolute Gasteiger partial charge is 0.309 e. The number of hydrogen-bond acceptors (Lipinski definition) is 4. The average molecular weight is 429 g/mol. The summed E-state index contributed by atoms with van der Waals surface area (Å²) in [6, 6.07) is 3.24. The topological polar surface area (TPSA) is 101 Å². The van der Waals surface area contributed by atoms with Crippen molar-refractivity contribution in [3.63, 3.8) is 0 Å². The van der Waals surface area contributed by atoms with Crippen molar-refractivity contribution in [1.29, 1.82) is 0 Å². The summed E-state index contributed by atoms with van der Waals surface area (Å²) >= 11 is 0. The van der Waals surface area contributed by atoms with E-state index in [2.05, 4.69) is 16.7 Å². The highest BCUT2D eigenvalue weighted by Gasteiger charge is 2.26. The Labute approximate surface area is 182 Å². The van der Waals surface area contributed by atoms with E-state index in [-0.39, 0.29) is 22.9 Å². The van der Waals surface area contributed by atoms with Crippen molar-refractivity contribution in [2.75, 3.05) is 26.2 Å². The van der Waals surface area contributed by atoms with Gasteiger partial charge in [0.25, 0.3) is 11.5 Å². The molecule has 2 heterocycles. The lowest BCUT2D eigenvalue weighted by Crippen LogP contribution is -2.45. The van der Waals surface area contributed by atoms with Crippen molar-refractivity contribution in [3.8, 4) is 0 Å². The number of carbonyl (C=O) groups is 3. The summed E-state index contributed by atoms with van der Waals surface area (Å²) < 4.78 is 1.40. The van der Waals surface area contributed by atoms with Crippen LogP contribution in [0, 0.1) is 5.92 Å². The summed E-state index contributed by atoms with van der Waals surface area (Å²) in [6.45, 7) is 1.95. The Hall–Kier alpha value is -2.90. The van der Waals surface area contributed by atoms with Gasteiger partial charge in [0.1, 0.15) is 5.56 Å². The molecule has 3 rings (SSSR count). The molecule has 0 saturated carbocycles. The molecule has 1 fully saturated rings. The van der Waals surface area contributed by atoms with Gasteiger partial charge in [-0.05, 0) is 63.0 Å². The number of hydrogen-bond donors (Lipinski definition) is 2. The van der Waals surface area contributed by atoms with Gasteiger partial charge in [-0.1, -0.05) is 11.6 Å². The van der Waals surface area contributed by atoms with Gasteiger partial charge in [0, 0.05) is 39.4 Å². The quantitative estimate of drug-likeness (QED) is 0.528. The molecule has 1 aromatic rings. The summed E-state index contributed by atoms with van der Waals surface area (Å²) in [5, 5.41) is 5.40. The molecule has 2 N–H and O–H groups in total. The van der Waals surface area contributed by atoms with E-state index in [0.717, 1.165) is 32.1 Å². The van der Waals surface area contributed by atoms with Crippen molar-refractivity contribution in [1.82, 2.24) is 20.1 Å². The summed E-state index contributed by atoms with van der Waals surface area (Å²) in [4.78, 5) is 50.5. The zero-order chi connectivity index (χ0) is 22.2. The van der Waals surface area contributed by atoms with Crippen LogP contribution in [-0.2, 0) is 16.6 Å². The molecule has 31 heavy (non-hydrogen) atoms. The van der Waals surface area contributed by atoms with Crippen LogP contribution in [0.5, 0.6) is 0 Å². The molecule has 1 aromatic heterocycles. The van der Waals surface area contributed by atoms with E-state index >= 15 is 0 Å². The van der Waals surface area contributed by atoms with Crippen LogP contribution < -0.4 is 16.2 Å². The number of aryl methyl sites for hydroxylation is 1. The van der Waals surface area contributed by atoms with E-state index in [1.54, 1.807) is 30.3 Å². The first-order chi connectivity index (χ1) is 15.0. The highest BCUT2D eigenvalue weighted by molar-refractivity contribution is 6.35. The van der Waals surface area contributed by atoms with E-state index in [1.807, 2.05) is 0 Å². The molecule has 0 atom stereocenters. The van der Waals surface area contributed by atoms with Gasteiger partial charge >= 0.3 is 11.8 Å². The molecular weight excluding hydrogens is 396 g/mol. The van der Waals surface area contributed by atoms with Gasteiger partial charge in [0.2, 0.25) is 0 Å². The van der Waals surface area contributed by atoms with E-state index in [0.29, 0.717) is 26.2 Å². The van der Waals surface area contributed by atoms with Gasteiger partial charge in [0.05, 0.1) is 0 Å². The molecular formula is C23H32N4O4. The number of aromatic nitrogens is 1. The fourth-order valence-corrected chi connectivity index (χ4v) is 4.14. The third-order valence-electron chi connectivity index (χ3n) is 6.13. The van der Waals surface area contributed by atoms with Crippen molar-refractivity contribution >= 4 is 17.7 Å². The third kappa shape index (κ3) is 6.29. The first-order valence-corrected chi connectivity index (χ1v) is 11.1. The molecule has 0 unspecified atom stereocenters. The van der Waals surface area contributed by atoms with Gasteiger partial charge in [-0.2, -0.15) is 0 Å². The first kappa shape index (κ1) is 22.8. The predicted molar refractivity (Wildman–Crippen MR) is 117 cm³/mol. The van der Waals surface area contributed by atoms with Gasteiger partial charge in [-0.25, -0.2) is 0 Å². The largest absolute Gasteiger partial charge is 0.348 e. The second-order valence-corrected chi connectivity index (χ2v) is 8.40. The highest BCUT2D eigenvalue weighted by atomic mass is 16.2. The monoisotopic (exact) mass is 428 g/mol. The molecule has 1 saturated heterocycles. The molecule has 0 radical (unpaired) electrons. The lowest BCUT2D eigenvalue weighted by Gasteiger charge is -2.32. The molecule has 1 aliphatic carbocycles. The minimum atomic E-state index is -0.607. The zero-order valence-corrected chi connectivity index (χ0v) is 18.2. The maximum Gasteiger partial charge on any atom is 0.309 e. The second kappa shape index (κ2) is 10.9. The number of piperidine rings is 1. The number of pyridine rings is 1. The number of allylic oxidation sites excluding steroid dienone is 1. The normalized spacial score (nSPS) is 17.1. The lowest BCUT2D eigenvalue weighted by atomic mass is 9.96. The Kier molecular flexibility index (Phi) is 8.03. The molecule has 168 valence electrons. The lowest BCUT2D eigenvalue weighted by molar-refractivity contribution is -0.139. The maximum atomic E-state index is 12.6. The van der Waals surface area contributed by atoms with Gasteiger partial charge in [-0.15, -0.1) is 0 Å². The molecule has 1 aliphatic heterocycles. The van der Waals surface area contributed by atoms with Crippen molar-refractivity contribution in [3.05, 3.63) is 45.9 Å².